The van der Waals surface area contributed by atoms with Crippen molar-refractivity contribution >= 4 is 0 Å². The van der Waals surface area contributed by atoms with Gasteiger partial charge in [0.05, 0.1) is 0 Å². The van der Waals surface area contributed by atoms with E-state index in [1.807, 2.05) is 13.0 Å². The summed E-state index contributed by atoms with van der Waals surface area (Å²) in [4.78, 5) is 0. The fourth-order valence-electron chi connectivity index (χ4n) is 6.16. The molecule has 2 aliphatic rings. The van der Waals surface area contributed by atoms with Crippen LogP contribution in [0.5, 0.6) is 0 Å². The van der Waals surface area contributed by atoms with Crippen molar-refractivity contribution < 1.29 is 8.78 Å². The largest absolute Gasteiger partial charge is 0.203 e. The molecule has 2 fully saturated rings. The standard InChI is InChI=1S/C31H40F2/c1-3-5-28-20-21-29(31(33)30(28)32)27-18-12-24(13-19-27)7-6-23-10-16-26(17-11-23)25-14-8-22(4-2)9-15-25/h4,10-11,16-17,20-22,24-25,27H,2-3,5-9,12-15,18-19H2,1H3. The van der Waals surface area contributed by atoms with Gasteiger partial charge in [-0.1, -0.05) is 55.8 Å². The molecule has 0 bridgehead atoms. The second-order valence-corrected chi connectivity index (χ2v) is 10.5. The van der Waals surface area contributed by atoms with Crippen LogP contribution in [0, 0.1) is 23.5 Å². The summed E-state index contributed by atoms with van der Waals surface area (Å²) in [5.41, 5.74) is 4.05. The van der Waals surface area contributed by atoms with Gasteiger partial charge >= 0.3 is 0 Å². The molecule has 4 rings (SSSR count). The highest BCUT2D eigenvalue weighted by molar-refractivity contribution is 5.30. The topological polar surface area (TPSA) is 0 Å². The van der Waals surface area contributed by atoms with Crippen LogP contribution < -0.4 is 0 Å². The predicted molar refractivity (Wildman–Crippen MR) is 135 cm³/mol. The highest BCUT2D eigenvalue weighted by atomic mass is 19.2. The molecule has 0 spiro atoms. The van der Waals surface area contributed by atoms with Crippen molar-refractivity contribution in [2.24, 2.45) is 11.8 Å². The second kappa shape index (κ2) is 11.4. The average molecular weight is 451 g/mol. The summed E-state index contributed by atoms with van der Waals surface area (Å²) < 4.78 is 29.1. The molecule has 33 heavy (non-hydrogen) atoms. The Kier molecular flexibility index (Phi) is 8.39. The molecule has 178 valence electrons. The van der Waals surface area contributed by atoms with E-state index in [4.69, 9.17) is 0 Å². The fourth-order valence-corrected chi connectivity index (χ4v) is 6.16. The Bertz CT molecular complexity index is 897. The molecule has 2 aromatic carbocycles. The first kappa shape index (κ1) is 24.2. The Morgan fingerprint density at radius 2 is 1.45 bits per heavy atom. The molecule has 0 amide bonds. The van der Waals surface area contributed by atoms with Gasteiger partial charge in [0, 0.05) is 0 Å². The third kappa shape index (κ3) is 5.94. The van der Waals surface area contributed by atoms with Gasteiger partial charge < -0.3 is 0 Å². The summed E-state index contributed by atoms with van der Waals surface area (Å²) in [7, 11) is 0. The van der Waals surface area contributed by atoms with Crippen LogP contribution in [0.3, 0.4) is 0 Å². The van der Waals surface area contributed by atoms with Crippen molar-refractivity contribution in [2.45, 2.75) is 95.8 Å². The molecule has 2 aromatic rings. The highest BCUT2D eigenvalue weighted by Crippen LogP contribution is 2.40. The van der Waals surface area contributed by atoms with E-state index in [1.165, 1.54) is 43.2 Å². The molecule has 2 heteroatoms. The van der Waals surface area contributed by atoms with Crippen molar-refractivity contribution in [2.75, 3.05) is 0 Å². The summed E-state index contributed by atoms with van der Waals surface area (Å²) >= 11 is 0. The van der Waals surface area contributed by atoms with E-state index in [2.05, 4.69) is 36.9 Å². The van der Waals surface area contributed by atoms with Gasteiger partial charge in [-0.2, -0.15) is 0 Å². The van der Waals surface area contributed by atoms with Gasteiger partial charge in [0.15, 0.2) is 11.6 Å². The maximum absolute atomic E-state index is 14.7. The molecule has 0 atom stereocenters. The maximum atomic E-state index is 14.7. The van der Waals surface area contributed by atoms with E-state index in [-0.39, 0.29) is 5.92 Å². The number of hydrogen-bond donors (Lipinski definition) is 0. The highest BCUT2D eigenvalue weighted by Gasteiger charge is 2.26. The molecule has 0 aliphatic heterocycles. The SMILES string of the molecule is C=CC1CCC(c2ccc(CCC3CCC(c4ccc(CCC)c(F)c4F)CC3)cc2)CC1. The molecular weight excluding hydrogens is 410 g/mol. The van der Waals surface area contributed by atoms with E-state index in [0.29, 0.717) is 35.3 Å². The van der Waals surface area contributed by atoms with Crippen LogP contribution in [0.15, 0.2) is 49.1 Å². The van der Waals surface area contributed by atoms with Gasteiger partial charge in [-0.3, -0.25) is 0 Å². The van der Waals surface area contributed by atoms with E-state index in [0.717, 1.165) is 38.5 Å². The first-order valence-electron chi connectivity index (χ1n) is 13.3. The number of allylic oxidation sites excluding steroid dienone is 1. The molecule has 0 aromatic heterocycles. The van der Waals surface area contributed by atoms with Gasteiger partial charge in [0.25, 0.3) is 0 Å². The first-order valence-corrected chi connectivity index (χ1v) is 13.3. The minimum atomic E-state index is -0.617. The molecule has 0 nitrogen and oxygen atoms in total. The average Bonchev–Trinajstić information content (AvgIpc) is 2.87. The first-order chi connectivity index (χ1) is 16.1. The fraction of sp³-hybridized carbons (Fsp3) is 0.548. The third-order valence-electron chi connectivity index (χ3n) is 8.40. The lowest BCUT2D eigenvalue weighted by Crippen LogP contribution is -2.16. The Balaban J connectivity index is 1.25. The van der Waals surface area contributed by atoms with Gasteiger partial charge in [0.2, 0.25) is 0 Å². The van der Waals surface area contributed by atoms with Crippen molar-refractivity contribution in [3.05, 3.63) is 82.9 Å². The lowest BCUT2D eigenvalue weighted by molar-refractivity contribution is 0.304. The Morgan fingerprint density at radius 3 is 2.09 bits per heavy atom. The van der Waals surface area contributed by atoms with E-state index in [1.54, 1.807) is 6.07 Å². The number of aryl methyl sites for hydroxylation is 2. The molecule has 2 saturated carbocycles. The quantitative estimate of drug-likeness (QED) is 0.351. The summed E-state index contributed by atoms with van der Waals surface area (Å²) in [5.74, 6) is 1.08. The zero-order valence-electron chi connectivity index (χ0n) is 20.3. The van der Waals surface area contributed by atoms with E-state index in [9.17, 15) is 8.78 Å². The number of hydrogen-bond acceptors (Lipinski definition) is 0. The summed E-state index contributed by atoms with van der Waals surface area (Å²) in [6, 6.07) is 13.0. The zero-order chi connectivity index (χ0) is 23.2. The molecule has 0 N–H and O–H groups in total. The number of benzene rings is 2. The molecule has 2 aliphatic carbocycles. The van der Waals surface area contributed by atoms with Crippen molar-refractivity contribution in [1.29, 1.82) is 0 Å². The van der Waals surface area contributed by atoms with Gasteiger partial charge in [0.1, 0.15) is 0 Å². The van der Waals surface area contributed by atoms with Gasteiger partial charge in [-0.05, 0) is 117 Å². The van der Waals surface area contributed by atoms with Crippen molar-refractivity contribution in [3.63, 3.8) is 0 Å². The minimum absolute atomic E-state index is 0.168. The lowest BCUT2D eigenvalue weighted by atomic mass is 9.76. The molecular formula is C31H40F2. The Hall–Kier alpha value is -1.96. The van der Waals surface area contributed by atoms with Crippen molar-refractivity contribution in [1.82, 2.24) is 0 Å². The van der Waals surface area contributed by atoms with Crippen LogP contribution in [-0.2, 0) is 12.8 Å². The van der Waals surface area contributed by atoms with Crippen LogP contribution in [0.2, 0.25) is 0 Å². The number of halogens is 2. The summed E-state index contributed by atoms with van der Waals surface area (Å²) in [6.45, 7) is 5.95. The third-order valence-corrected chi connectivity index (χ3v) is 8.40. The van der Waals surface area contributed by atoms with Crippen LogP contribution in [-0.4, -0.2) is 0 Å². The monoisotopic (exact) mass is 450 g/mol. The van der Waals surface area contributed by atoms with E-state index >= 15 is 0 Å². The van der Waals surface area contributed by atoms with Crippen LogP contribution in [0.4, 0.5) is 8.78 Å². The Labute approximate surface area is 199 Å². The zero-order valence-corrected chi connectivity index (χ0v) is 20.3. The minimum Gasteiger partial charge on any atom is -0.203 e. The molecule has 0 saturated heterocycles. The van der Waals surface area contributed by atoms with Crippen LogP contribution >= 0.6 is 0 Å². The summed E-state index contributed by atoms with van der Waals surface area (Å²) in [6.07, 6.45) is 15.2. The lowest BCUT2D eigenvalue weighted by Gasteiger charge is -2.29. The predicted octanol–water partition coefficient (Wildman–Crippen LogP) is 9.28. The smallest absolute Gasteiger partial charge is 0.162 e. The molecule has 0 unspecified atom stereocenters. The maximum Gasteiger partial charge on any atom is 0.162 e. The Morgan fingerprint density at radius 1 is 0.788 bits per heavy atom. The summed E-state index contributed by atoms with van der Waals surface area (Å²) in [5, 5.41) is 0. The van der Waals surface area contributed by atoms with Crippen LogP contribution in [0.1, 0.15) is 105 Å². The number of rotatable bonds is 8. The molecule has 0 radical (unpaired) electrons. The second-order valence-electron chi connectivity index (χ2n) is 10.5. The van der Waals surface area contributed by atoms with Crippen molar-refractivity contribution in [3.8, 4) is 0 Å². The van der Waals surface area contributed by atoms with Crippen LogP contribution in [0.25, 0.3) is 0 Å². The van der Waals surface area contributed by atoms with E-state index < -0.39 is 11.6 Å². The molecule has 0 heterocycles. The van der Waals surface area contributed by atoms with Gasteiger partial charge in [-0.15, -0.1) is 6.58 Å². The normalized spacial score (nSPS) is 25.7. The van der Waals surface area contributed by atoms with Gasteiger partial charge in [-0.25, -0.2) is 8.78 Å².